The SMILES string of the molecule is Clc1cccc(Cl)c1-c1c2nc(c(-c3c(Cl)cccc3Cl)c3ccc([nH]3)c(-c3c(Cl)cccc3Cl)c3ccc([nH]3)c(-c3c(Cl)cccc3Cl)c3nc1C=C3)C=C2.[Cl-].[Mn+2]. The molecule has 2 N–H and O–H groups in total. The third-order valence-electron chi connectivity index (χ3n) is 9.60. The summed E-state index contributed by atoms with van der Waals surface area (Å²) in [6, 6.07) is 29.3. The minimum absolute atomic E-state index is 0. The number of hydrogen-bond donors (Lipinski definition) is 2. The van der Waals surface area contributed by atoms with Gasteiger partial charge in [0.1, 0.15) is 0 Å². The molecule has 3 aromatic heterocycles. The third kappa shape index (κ3) is 7.51. The number of hydrogen-bond acceptors (Lipinski definition) is 2. The number of aromatic amines is 2. The van der Waals surface area contributed by atoms with Crippen LogP contribution >= 0.6 is 92.8 Å². The Morgan fingerprint density at radius 3 is 0.810 bits per heavy atom. The molecule has 4 nitrogen and oxygen atoms in total. The van der Waals surface area contributed by atoms with Gasteiger partial charge in [-0.1, -0.05) is 117 Å². The zero-order valence-electron chi connectivity index (χ0n) is 29.2. The van der Waals surface area contributed by atoms with Gasteiger partial charge in [-0.3, -0.25) is 0 Å². The van der Waals surface area contributed by atoms with Crippen molar-refractivity contribution in [3.63, 3.8) is 0 Å². The maximum atomic E-state index is 6.96. The summed E-state index contributed by atoms with van der Waals surface area (Å²) in [5.74, 6) is 0. The van der Waals surface area contributed by atoms with E-state index in [1.165, 1.54) is 0 Å². The van der Waals surface area contributed by atoms with Crippen LogP contribution in [-0.2, 0) is 17.1 Å². The minimum Gasteiger partial charge on any atom is -1.00 e. The summed E-state index contributed by atoms with van der Waals surface area (Å²) >= 11 is 55.6. The predicted molar refractivity (Wildman–Crippen MR) is 241 cm³/mol. The van der Waals surface area contributed by atoms with Gasteiger partial charge in [-0.25, -0.2) is 9.97 Å². The molecule has 14 heteroatoms. The van der Waals surface area contributed by atoms with E-state index in [0.29, 0.717) is 130 Å². The Balaban J connectivity index is 0.00000256. The van der Waals surface area contributed by atoms with Crippen molar-refractivity contribution in [2.75, 3.05) is 0 Å². The molecule has 0 spiro atoms. The first kappa shape index (κ1) is 42.7. The summed E-state index contributed by atoms with van der Waals surface area (Å²) in [4.78, 5) is 17.8. The van der Waals surface area contributed by atoms with Gasteiger partial charge < -0.3 is 22.4 Å². The van der Waals surface area contributed by atoms with Crippen molar-refractivity contribution >= 4 is 139 Å². The molecule has 2 aliphatic heterocycles. The summed E-state index contributed by atoms with van der Waals surface area (Å²) in [6.45, 7) is 0. The molecule has 7 aromatic rings. The molecular formula is C44H22Cl9MnN4+. The second kappa shape index (κ2) is 17.3. The molecular weight excluding hydrogens is 959 g/mol. The van der Waals surface area contributed by atoms with Crippen molar-refractivity contribution in [3.8, 4) is 44.5 Å². The molecule has 58 heavy (non-hydrogen) atoms. The normalized spacial score (nSPS) is 11.7. The van der Waals surface area contributed by atoms with Crippen LogP contribution in [0.15, 0.2) is 97.1 Å². The summed E-state index contributed by atoms with van der Waals surface area (Å²) in [5, 5.41) is 3.53. The largest absolute Gasteiger partial charge is 2.00 e. The first-order chi connectivity index (χ1) is 27.1. The zero-order chi connectivity index (χ0) is 38.8. The maximum absolute atomic E-state index is 6.96. The van der Waals surface area contributed by atoms with Crippen LogP contribution in [0.25, 0.3) is 90.9 Å². The summed E-state index contributed by atoms with van der Waals surface area (Å²) in [7, 11) is 0. The van der Waals surface area contributed by atoms with Crippen LogP contribution in [0, 0.1) is 0 Å². The van der Waals surface area contributed by atoms with Gasteiger partial charge in [-0.2, -0.15) is 0 Å². The molecule has 0 saturated carbocycles. The minimum atomic E-state index is 0. The van der Waals surface area contributed by atoms with Crippen molar-refractivity contribution in [1.29, 1.82) is 0 Å². The Labute approximate surface area is 389 Å². The number of rotatable bonds is 4. The molecule has 0 atom stereocenters. The van der Waals surface area contributed by atoms with Crippen LogP contribution in [-0.4, -0.2) is 19.9 Å². The van der Waals surface area contributed by atoms with E-state index in [0.717, 1.165) is 0 Å². The number of nitrogens with one attached hydrogen (secondary N) is 2. The molecule has 2 aliphatic rings. The summed E-state index contributed by atoms with van der Waals surface area (Å²) < 4.78 is 0. The van der Waals surface area contributed by atoms with Crippen LogP contribution in [0.4, 0.5) is 0 Å². The van der Waals surface area contributed by atoms with Crippen LogP contribution in [0.2, 0.25) is 40.2 Å². The maximum Gasteiger partial charge on any atom is 2.00 e. The fraction of sp³-hybridized carbons (Fsp3) is 0. The van der Waals surface area contributed by atoms with E-state index in [1.54, 1.807) is 72.8 Å². The van der Waals surface area contributed by atoms with Gasteiger partial charge in [0.25, 0.3) is 0 Å². The number of aromatic nitrogens is 4. The molecule has 4 aromatic carbocycles. The fourth-order valence-electron chi connectivity index (χ4n) is 7.20. The molecule has 8 bridgehead atoms. The average molecular weight is 981 g/mol. The van der Waals surface area contributed by atoms with Crippen LogP contribution in [0.1, 0.15) is 22.8 Å². The van der Waals surface area contributed by atoms with Gasteiger partial charge in [0.05, 0.1) is 63.0 Å². The third-order valence-corrected chi connectivity index (χ3v) is 12.1. The van der Waals surface area contributed by atoms with Gasteiger partial charge in [0, 0.05) is 66.6 Å². The average Bonchev–Trinajstić information content (AvgIpc) is 4.00. The van der Waals surface area contributed by atoms with Gasteiger partial charge in [0.15, 0.2) is 0 Å². The van der Waals surface area contributed by atoms with Crippen LogP contribution in [0.5, 0.6) is 0 Å². The second-order valence-corrected chi connectivity index (χ2v) is 16.1. The standard InChI is InChI=1S/C44H22Cl8N4.ClH.Mn/c45-21-5-1-6-22(46)37(21)41-29-13-15-31(53-29)42(38-23(47)7-2-8-24(38)48)33-17-19-35(55-33)44(40-27(51)11-4-12-28(40)52)36-20-18-34(56-36)43(32-16-14-30(41)54-32)39-25(49)9-3-10-26(39)50;;/h1-20,53-54H;1H;/q;;+2/p-1. The van der Waals surface area contributed by atoms with E-state index in [4.69, 9.17) is 103 Å². The molecule has 0 aliphatic carbocycles. The first-order valence-corrected chi connectivity index (χ1v) is 20.0. The topological polar surface area (TPSA) is 57.4 Å². The molecule has 0 fully saturated rings. The van der Waals surface area contributed by atoms with Crippen molar-refractivity contribution in [1.82, 2.24) is 19.9 Å². The Morgan fingerprint density at radius 1 is 0.293 bits per heavy atom. The van der Waals surface area contributed by atoms with E-state index in [-0.39, 0.29) is 29.5 Å². The van der Waals surface area contributed by atoms with Crippen molar-refractivity contribution in [2.24, 2.45) is 0 Å². The van der Waals surface area contributed by atoms with Gasteiger partial charge in [0.2, 0.25) is 0 Å². The van der Waals surface area contributed by atoms with Gasteiger partial charge in [-0.15, -0.1) is 0 Å². The van der Waals surface area contributed by atoms with Gasteiger partial charge >= 0.3 is 17.1 Å². The van der Waals surface area contributed by atoms with Crippen molar-refractivity contribution in [2.45, 2.75) is 0 Å². The molecule has 5 heterocycles. The fourth-order valence-corrected chi connectivity index (χ4v) is 9.55. The predicted octanol–water partition coefficient (Wildman–Crippen LogP) is 13.6. The molecule has 9 rings (SSSR count). The van der Waals surface area contributed by atoms with Crippen molar-refractivity contribution < 1.29 is 29.5 Å². The number of H-pyrrole nitrogens is 2. The van der Waals surface area contributed by atoms with E-state index >= 15 is 0 Å². The molecule has 1 radical (unpaired) electrons. The van der Waals surface area contributed by atoms with Crippen LogP contribution in [0.3, 0.4) is 0 Å². The van der Waals surface area contributed by atoms with Crippen molar-refractivity contribution in [3.05, 3.63) is 160 Å². The molecule has 287 valence electrons. The smallest absolute Gasteiger partial charge is 1.00 e. The quantitative estimate of drug-likeness (QED) is 0.173. The zero-order valence-corrected chi connectivity index (χ0v) is 37.2. The Hall–Kier alpha value is -3.39. The Kier molecular flexibility index (Phi) is 12.7. The first-order valence-electron chi connectivity index (χ1n) is 17.0. The Bertz CT molecular complexity index is 2810. The number of nitrogens with zero attached hydrogens (tertiary/aromatic N) is 2. The van der Waals surface area contributed by atoms with E-state index in [2.05, 4.69) is 9.97 Å². The number of fused-ring (bicyclic) bond motifs is 8. The van der Waals surface area contributed by atoms with E-state index < -0.39 is 0 Å². The molecule has 0 saturated heterocycles. The summed E-state index contributed by atoms with van der Waals surface area (Å²) in [5.41, 5.74) is 10.1. The van der Waals surface area contributed by atoms with E-state index in [1.807, 2.05) is 48.6 Å². The summed E-state index contributed by atoms with van der Waals surface area (Å²) in [6.07, 6.45) is 7.62. The number of benzene rings is 4. The Morgan fingerprint density at radius 2 is 0.517 bits per heavy atom. The van der Waals surface area contributed by atoms with Gasteiger partial charge in [-0.05, 0) is 97.1 Å². The molecule has 0 amide bonds. The second-order valence-electron chi connectivity index (χ2n) is 12.9. The molecule has 0 unspecified atom stereocenters. The van der Waals surface area contributed by atoms with E-state index in [9.17, 15) is 0 Å². The number of halogens is 9. The monoisotopic (exact) mass is 976 g/mol. The van der Waals surface area contributed by atoms with Crippen LogP contribution < -0.4 is 12.4 Å².